The minimum Gasteiger partial charge on any atom is -0.497 e. The molecule has 0 unspecified atom stereocenters. The van der Waals surface area contributed by atoms with Crippen molar-refractivity contribution in [3.8, 4) is 17.2 Å². The first-order valence-corrected chi connectivity index (χ1v) is 14.8. The number of ether oxygens (including phenoxy) is 3. The predicted octanol–water partition coefficient (Wildman–Crippen LogP) is 3.30. The fourth-order valence-electron chi connectivity index (χ4n) is 5.61. The standard InChI is InChI=1S/C27H36N6O5S/c1-36-22-10-12-23(13-11-22)39(34,35)32-17-15-31(16-18-32)26(20-9-14-24(37-2)25(19-20)38-3)27-28-29-30-33(27)21-7-5-4-6-8-21/h9-14,19,21,26H,4-8,15-18H2,1-3H3/t26-/m1/s1. The van der Waals surface area contributed by atoms with E-state index in [1.54, 1.807) is 49.9 Å². The summed E-state index contributed by atoms with van der Waals surface area (Å²) in [7, 11) is 1.16. The summed E-state index contributed by atoms with van der Waals surface area (Å²) in [6.45, 7) is 1.74. The van der Waals surface area contributed by atoms with Gasteiger partial charge in [0, 0.05) is 26.2 Å². The molecule has 2 aromatic carbocycles. The summed E-state index contributed by atoms with van der Waals surface area (Å²) >= 11 is 0. The van der Waals surface area contributed by atoms with Gasteiger partial charge in [0.1, 0.15) is 5.75 Å². The molecule has 0 spiro atoms. The number of benzene rings is 2. The third-order valence-electron chi connectivity index (χ3n) is 7.74. The number of piperazine rings is 1. The Labute approximate surface area is 229 Å². The second-order valence-corrected chi connectivity index (χ2v) is 11.8. The molecule has 1 aliphatic heterocycles. The van der Waals surface area contributed by atoms with Crippen molar-refractivity contribution < 1.29 is 22.6 Å². The second-order valence-electron chi connectivity index (χ2n) is 9.91. The largest absolute Gasteiger partial charge is 0.497 e. The summed E-state index contributed by atoms with van der Waals surface area (Å²) in [5, 5.41) is 13.0. The quantitative estimate of drug-likeness (QED) is 0.392. The van der Waals surface area contributed by atoms with Gasteiger partial charge in [-0.25, -0.2) is 13.1 Å². The van der Waals surface area contributed by atoms with E-state index in [1.807, 2.05) is 22.9 Å². The van der Waals surface area contributed by atoms with Crippen LogP contribution < -0.4 is 14.2 Å². The molecule has 210 valence electrons. The van der Waals surface area contributed by atoms with Crippen molar-refractivity contribution in [2.45, 2.75) is 49.1 Å². The molecule has 1 atom stereocenters. The maximum Gasteiger partial charge on any atom is 0.243 e. The lowest BCUT2D eigenvalue weighted by molar-refractivity contribution is 0.145. The average molecular weight is 557 g/mol. The number of hydrogen-bond acceptors (Lipinski definition) is 9. The molecule has 2 aliphatic rings. The van der Waals surface area contributed by atoms with Gasteiger partial charge in [-0.05, 0) is 65.2 Å². The lowest BCUT2D eigenvalue weighted by Gasteiger charge is -2.39. The van der Waals surface area contributed by atoms with Crippen molar-refractivity contribution in [3.05, 3.63) is 53.9 Å². The van der Waals surface area contributed by atoms with Crippen LogP contribution in [-0.2, 0) is 10.0 Å². The Morgan fingerprint density at radius 1 is 0.846 bits per heavy atom. The van der Waals surface area contributed by atoms with Crippen LogP contribution in [0.4, 0.5) is 0 Å². The van der Waals surface area contributed by atoms with Crippen LogP contribution in [0.2, 0.25) is 0 Å². The van der Waals surface area contributed by atoms with Crippen molar-refractivity contribution >= 4 is 10.0 Å². The highest BCUT2D eigenvalue weighted by Gasteiger charge is 2.36. The molecule has 1 aromatic heterocycles. The molecule has 0 radical (unpaired) electrons. The van der Waals surface area contributed by atoms with Crippen molar-refractivity contribution in [2.75, 3.05) is 47.5 Å². The zero-order valence-corrected chi connectivity index (χ0v) is 23.5. The van der Waals surface area contributed by atoms with Crippen LogP contribution in [0.5, 0.6) is 17.2 Å². The Bertz CT molecular complexity index is 1350. The van der Waals surface area contributed by atoms with Crippen LogP contribution in [0.1, 0.15) is 55.6 Å². The molecular formula is C27H36N6O5S. The zero-order chi connectivity index (χ0) is 27.4. The number of hydrogen-bond donors (Lipinski definition) is 0. The SMILES string of the molecule is COc1ccc(S(=O)(=O)N2CCN([C@H](c3ccc(OC)c(OC)c3)c3nnnn3C3CCCCC3)CC2)cc1. The number of nitrogens with zero attached hydrogens (tertiary/aromatic N) is 6. The molecule has 0 bridgehead atoms. The molecular weight excluding hydrogens is 520 g/mol. The molecule has 0 N–H and O–H groups in total. The van der Waals surface area contributed by atoms with Crippen molar-refractivity contribution in [1.29, 1.82) is 0 Å². The molecule has 12 heteroatoms. The molecule has 2 heterocycles. The third-order valence-corrected chi connectivity index (χ3v) is 9.66. The summed E-state index contributed by atoms with van der Waals surface area (Å²) in [5.41, 5.74) is 0.964. The third kappa shape index (κ3) is 5.59. The van der Waals surface area contributed by atoms with Gasteiger partial charge in [0.25, 0.3) is 0 Å². The van der Waals surface area contributed by atoms with Crippen molar-refractivity contribution in [3.63, 3.8) is 0 Å². The molecule has 1 saturated carbocycles. The van der Waals surface area contributed by atoms with E-state index >= 15 is 0 Å². The average Bonchev–Trinajstić information content (AvgIpc) is 3.47. The highest BCUT2D eigenvalue weighted by atomic mass is 32.2. The van der Waals surface area contributed by atoms with Crippen LogP contribution in [0.3, 0.4) is 0 Å². The highest BCUT2D eigenvalue weighted by molar-refractivity contribution is 7.89. The molecule has 5 rings (SSSR count). The molecule has 1 saturated heterocycles. The molecule has 1 aliphatic carbocycles. The van der Waals surface area contributed by atoms with Crippen LogP contribution in [0.25, 0.3) is 0 Å². The van der Waals surface area contributed by atoms with Gasteiger partial charge in [0.05, 0.1) is 38.3 Å². The van der Waals surface area contributed by atoms with Crippen molar-refractivity contribution in [1.82, 2.24) is 29.4 Å². The van der Waals surface area contributed by atoms with Gasteiger partial charge in [0.15, 0.2) is 17.3 Å². The monoisotopic (exact) mass is 556 g/mol. The molecule has 0 amide bonds. The Balaban J connectivity index is 1.44. The lowest BCUT2D eigenvalue weighted by Crippen LogP contribution is -2.50. The van der Waals surface area contributed by atoms with Crippen molar-refractivity contribution in [2.24, 2.45) is 0 Å². The predicted molar refractivity (Wildman–Crippen MR) is 145 cm³/mol. The first-order valence-electron chi connectivity index (χ1n) is 13.3. The van der Waals surface area contributed by atoms with E-state index < -0.39 is 10.0 Å². The first-order chi connectivity index (χ1) is 19.0. The zero-order valence-electron chi connectivity index (χ0n) is 22.7. The number of sulfonamides is 1. The number of aromatic nitrogens is 4. The minimum atomic E-state index is -3.63. The van der Waals surface area contributed by atoms with Gasteiger partial charge in [-0.2, -0.15) is 4.31 Å². The normalized spacial score (nSPS) is 18.5. The van der Waals surface area contributed by atoms with Crippen LogP contribution in [0, 0.1) is 0 Å². The topological polar surface area (TPSA) is 112 Å². The summed E-state index contributed by atoms with van der Waals surface area (Å²) in [6, 6.07) is 12.4. The Hall–Kier alpha value is -3.22. The van der Waals surface area contributed by atoms with E-state index in [0.29, 0.717) is 43.4 Å². The van der Waals surface area contributed by atoms with E-state index in [4.69, 9.17) is 14.2 Å². The lowest BCUT2D eigenvalue weighted by atomic mass is 9.95. The van der Waals surface area contributed by atoms with E-state index in [0.717, 1.165) is 37.1 Å². The summed E-state index contributed by atoms with van der Waals surface area (Å²) < 4.78 is 46.5. The molecule has 39 heavy (non-hydrogen) atoms. The highest BCUT2D eigenvalue weighted by Crippen LogP contribution is 2.37. The van der Waals surface area contributed by atoms with Gasteiger partial charge >= 0.3 is 0 Å². The number of rotatable bonds is 9. The molecule has 3 aromatic rings. The van der Waals surface area contributed by atoms with E-state index in [2.05, 4.69) is 20.4 Å². The summed E-state index contributed by atoms with van der Waals surface area (Å²) in [6.07, 6.45) is 5.65. The Morgan fingerprint density at radius 3 is 2.18 bits per heavy atom. The maximum atomic E-state index is 13.4. The summed E-state index contributed by atoms with van der Waals surface area (Å²) in [5.74, 6) is 2.65. The minimum absolute atomic E-state index is 0.253. The van der Waals surface area contributed by atoms with E-state index in [1.165, 1.54) is 6.42 Å². The van der Waals surface area contributed by atoms with Crippen LogP contribution in [-0.4, -0.2) is 85.3 Å². The van der Waals surface area contributed by atoms with E-state index in [9.17, 15) is 8.42 Å². The first kappa shape index (κ1) is 27.4. The van der Waals surface area contributed by atoms with E-state index in [-0.39, 0.29) is 17.0 Å². The fraction of sp³-hybridized carbons (Fsp3) is 0.519. The maximum absolute atomic E-state index is 13.4. The number of methoxy groups -OCH3 is 3. The molecule has 11 nitrogen and oxygen atoms in total. The van der Waals surface area contributed by atoms with Gasteiger partial charge in [-0.3, -0.25) is 4.90 Å². The fourth-order valence-corrected chi connectivity index (χ4v) is 7.03. The van der Waals surface area contributed by atoms with Gasteiger partial charge in [-0.1, -0.05) is 25.3 Å². The van der Waals surface area contributed by atoms with Gasteiger partial charge in [0.2, 0.25) is 10.0 Å². The molecule has 2 fully saturated rings. The summed E-state index contributed by atoms with van der Waals surface area (Å²) in [4.78, 5) is 2.51. The Morgan fingerprint density at radius 2 is 1.54 bits per heavy atom. The van der Waals surface area contributed by atoms with Gasteiger partial charge in [-0.15, -0.1) is 5.10 Å². The number of tetrazole rings is 1. The Kier molecular flexibility index (Phi) is 8.34. The van der Waals surface area contributed by atoms with Gasteiger partial charge < -0.3 is 14.2 Å². The second kappa shape index (κ2) is 11.9. The van der Waals surface area contributed by atoms with Crippen LogP contribution >= 0.6 is 0 Å². The van der Waals surface area contributed by atoms with Crippen LogP contribution in [0.15, 0.2) is 47.4 Å². The smallest absolute Gasteiger partial charge is 0.243 e.